The van der Waals surface area contributed by atoms with E-state index in [-0.39, 0.29) is 12.3 Å². The van der Waals surface area contributed by atoms with Crippen molar-refractivity contribution in [3.63, 3.8) is 0 Å². The molecule has 0 aliphatic carbocycles. The molecule has 1 N–H and O–H groups in total. The lowest BCUT2D eigenvalue weighted by Gasteiger charge is -2.15. The van der Waals surface area contributed by atoms with Gasteiger partial charge in [-0.25, -0.2) is 4.98 Å². The maximum absolute atomic E-state index is 12.6. The molecular formula is C24H20N2O3S2. The van der Waals surface area contributed by atoms with Gasteiger partial charge in [-0.3, -0.25) is 9.59 Å². The summed E-state index contributed by atoms with van der Waals surface area (Å²) in [7, 11) is 0. The first-order chi connectivity index (χ1) is 15.1. The van der Waals surface area contributed by atoms with Gasteiger partial charge in [-0.1, -0.05) is 54.6 Å². The van der Waals surface area contributed by atoms with Crippen LogP contribution in [0.3, 0.4) is 0 Å². The van der Waals surface area contributed by atoms with Gasteiger partial charge in [0.2, 0.25) is 0 Å². The van der Waals surface area contributed by atoms with Crippen LogP contribution in [0.2, 0.25) is 0 Å². The summed E-state index contributed by atoms with van der Waals surface area (Å²) in [6.45, 7) is 1.57. The minimum absolute atomic E-state index is 0.0279. The molecule has 0 radical (unpaired) electrons. The summed E-state index contributed by atoms with van der Waals surface area (Å²) >= 11 is 3.09. The number of aromatic nitrogens is 1. The van der Waals surface area contributed by atoms with E-state index in [2.05, 4.69) is 10.3 Å². The van der Waals surface area contributed by atoms with Crippen LogP contribution in [0.25, 0.3) is 21.0 Å². The number of nitrogens with one attached hydrogen (secondary N) is 1. The molecule has 4 aromatic rings. The molecule has 1 unspecified atom stereocenters. The number of anilines is 1. The Bertz CT molecular complexity index is 1170. The molecule has 0 aliphatic heterocycles. The molecule has 0 saturated carbocycles. The van der Waals surface area contributed by atoms with Crippen LogP contribution in [0.4, 0.5) is 5.69 Å². The minimum atomic E-state index is -0.924. The number of amides is 1. The number of thiazole rings is 1. The van der Waals surface area contributed by atoms with Gasteiger partial charge in [-0.15, -0.1) is 22.7 Å². The van der Waals surface area contributed by atoms with E-state index in [9.17, 15) is 9.59 Å². The van der Waals surface area contributed by atoms with E-state index < -0.39 is 12.1 Å². The number of hydrogen-bond acceptors (Lipinski definition) is 6. The van der Waals surface area contributed by atoms with Crippen molar-refractivity contribution in [2.45, 2.75) is 19.4 Å². The predicted molar refractivity (Wildman–Crippen MR) is 125 cm³/mol. The van der Waals surface area contributed by atoms with E-state index in [1.165, 1.54) is 11.3 Å². The lowest BCUT2D eigenvalue weighted by molar-refractivity contribution is -0.152. The fourth-order valence-corrected chi connectivity index (χ4v) is 4.67. The van der Waals surface area contributed by atoms with Crippen molar-refractivity contribution in [2.75, 3.05) is 5.32 Å². The number of nitrogens with zero attached hydrogens (tertiary/aromatic N) is 1. The van der Waals surface area contributed by atoms with Crippen LogP contribution in [0, 0.1) is 0 Å². The number of ether oxygens (including phenoxy) is 1. The van der Waals surface area contributed by atoms with E-state index in [0.717, 1.165) is 21.0 Å². The van der Waals surface area contributed by atoms with Crippen molar-refractivity contribution in [3.8, 4) is 21.0 Å². The van der Waals surface area contributed by atoms with Gasteiger partial charge in [0.15, 0.2) is 6.10 Å². The lowest BCUT2D eigenvalue weighted by atomic mass is 10.0. The molecule has 31 heavy (non-hydrogen) atoms. The summed E-state index contributed by atoms with van der Waals surface area (Å²) in [5.74, 6) is -0.865. The van der Waals surface area contributed by atoms with Crippen molar-refractivity contribution in [1.29, 1.82) is 0 Å². The second-order valence-corrected chi connectivity index (χ2v) is 8.64. The zero-order valence-corrected chi connectivity index (χ0v) is 18.4. The number of carbonyl (C=O) groups excluding carboxylic acids is 2. The number of thiophene rings is 1. The Balaban J connectivity index is 1.37. The number of benzene rings is 2. The number of para-hydroxylation sites is 1. The molecule has 1 amide bonds. The number of rotatable bonds is 7. The molecule has 4 rings (SSSR count). The quantitative estimate of drug-likeness (QED) is 0.371. The fraction of sp³-hybridized carbons (Fsp3) is 0.125. The van der Waals surface area contributed by atoms with Crippen LogP contribution in [0.15, 0.2) is 77.5 Å². The summed E-state index contributed by atoms with van der Waals surface area (Å²) in [5, 5.41) is 7.58. The monoisotopic (exact) mass is 448 g/mol. The molecule has 0 bridgehead atoms. The Labute approximate surface area is 188 Å². The molecule has 7 heteroatoms. The molecule has 0 saturated heterocycles. The van der Waals surface area contributed by atoms with E-state index in [1.54, 1.807) is 18.3 Å². The van der Waals surface area contributed by atoms with Crippen molar-refractivity contribution >= 4 is 40.2 Å². The molecule has 2 aromatic carbocycles. The van der Waals surface area contributed by atoms with E-state index in [1.807, 2.05) is 77.5 Å². The van der Waals surface area contributed by atoms with Crippen LogP contribution in [-0.2, 0) is 20.7 Å². The molecule has 1 atom stereocenters. The summed E-state index contributed by atoms with van der Waals surface area (Å²) in [6.07, 6.45) is -0.896. The number of esters is 1. The lowest BCUT2D eigenvalue weighted by Crippen LogP contribution is -2.30. The average Bonchev–Trinajstić information content (AvgIpc) is 3.46. The first kappa shape index (κ1) is 21.0. The first-order valence-electron chi connectivity index (χ1n) is 9.73. The largest absolute Gasteiger partial charge is 0.452 e. The highest BCUT2D eigenvalue weighted by Gasteiger charge is 2.20. The second kappa shape index (κ2) is 9.68. The predicted octanol–water partition coefficient (Wildman–Crippen LogP) is 5.65. The maximum Gasteiger partial charge on any atom is 0.312 e. The topological polar surface area (TPSA) is 68.3 Å². The third-order valence-corrected chi connectivity index (χ3v) is 6.49. The smallest absolute Gasteiger partial charge is 0.312 e. The molecule has 0 fully saturated rings. The number of hydrogen-bond donors (Lipinski definition) is 1. The Hall–Kier alpha value is -3.29. The van der Waals surface area contributed by atoms with Gasteiger partial charge in [0, 0.05) is 16.6 Å². The van der Waals surface area contributed by atoms with Gasteiger partial charge in [0.05, 0.1) is 17.0 Å². The third kappa shape index (κ3) is 5.25. The molecular weight excluding hydrogens is 428 g/mol. The second-order valence-electron chi connectivity index (χ2n) is 6.83. The Kier molecular flexibility index (Phi) is 6.54. The van der Waals surface area contributed by atoms with Gasteiger partial charge >= 0.3 is 5.97 Å². The summed E-state index contributed by atoms with van der Waals surface area (Å²) in [6, 6.07) is 21.3. The normalized spacial score (nSPS) is 11.6. The van der Waals surface area contributed by atoms with Crippen molar-refractivity contribution in [3.05, 3.63) is 83.2 Å². The molecule has 5 nitrogen and oxygen atoms in total. The highest BCUT2D eigenvalue weighted by atomic mass is 32.1. The van der Waals surface area contributed by atoms with Crippen LogP contribution in [-0.4, -0.2) is 23.0 Å². The van der Waals surface area contributed by atoms with Crippen LogP contribution in [0.1, 0.15) is 12.6 Å². The van der Waals surface area contributed by atoms with E-state index in [0.29, 0.717) is 11.4 Å². The van der Waals surface area contributed by atoms with Crippen LogP contribution in [0.5, 0.6) is 0 Å². The van der Waals surface area contributed by atoms with Gasteiger partial charge in [0.25, 0.3) is 5.91 Å². The Morgan fingerprint density at radius 3 is 2.55 bits per heavy atom. The molecule has 156 valence electrons. The average molecular weight is 449 g/mol. The third-order valence-electron chi connectivity index (χ3n) is 4.56. The molecule has 0 spiro atoms. The highest BCUT2D eigenvalue weighted by Crippen LogP contribution is 2.29. The summed E-state index contributed by atoms with van der Waals surface area (Å²) in [4.78, 5) is 30.5. The van der Waals surface area contributed by atoms with Crippen molar-refractivity contribution in [2.24, 2.45) is 0 Å². The van der Waals surface area contributed by atoms with Gasteiger partial charge in [-0.05, 0) is 30.0 Å². The SMILES string of the molecule is CC(OC(=O)Cc1csc(-c2cccs2)n1)C(=O)Nc1ccccc1-c1ccccc1. The molecule has 2 heterocycles. The Morgan fingerprint density at radius 2 is 1.77 bits per heavy atom. The van der Waals surface area contributed by atoms with Crippen molar-refractivity contribution < 1.29 is 14.3 Å². The van der Waals surface area contributed by atoms with Gasteiger partial charge < -0.3 is 10.1 Å². The summed E-state index contributed by atoms with van der Waals surface area (Å²) < 4.78 is 5.35. The maximum atomic E-state index is 12.6. The highest BCUT2D eigenvalue weighted by molar-refractivity contribution is 7.20. The van der Waals surface area contributed by atoms with E-state index in [4.69, 9.17) is 4.74 Å². The molecule has 2 aromatic heterocycles. The zero-order chi connectivity index (χ0) is 21.6. The fourth-order valence-electron chi connectivity index (χ4n) is 3.04. The number of carbonyl (C=O) groups is 2. The minimum Gasteiger partial charge on any atom is -0.452 e. The van der Waals surface area contributed by atoms with Crippen molar-refractivity contribution in [1.82, 2.24) is 4.98 Å². The first-order valence-corrected chi connectivity index (χ1v) is 11.5. The van der Waals surface area contributed by atoms with E-state index >= 15 is 0 Å². The van der Waals surface area contributed by atoms with Crippen LogP contribution >= 0.6 is 22.7 Å². The zero-order valence-electron chi connectivity index (χ0n) is 16.8. The van der Waals surface area contributed by atoms with Gasteiger partial charge in [-0.2, -0.15) is 0 Å². The van der Waals surface area contributed by atoms with Gasteiger partial charge in [0.1, 0.15) is 5.01 Å². The summed E-state index contributed by atoms with van der Waals surface area (Å²) in [5.41, 5.74) is 3.20. The standard InChI is InChI=1S/C24H20N2O3S2/c1-16(29-22(27)14-18-15-31-24(25-18)21-12-7-13-30-21)23(28)26-20-11-6-5-10-19(20)17-8-3-2-4-9-17/h2-13,15-16H,14H2,1H3,(H,26,28). The van der Waals surface area contributed by atoms with Crippen LogP contribution < -0.4 is 5.32 Å². The Morgan fingerprint density at radius 1 is 1.00 bits per heavy atom. The molecule has 0 aliphatic rings.